The molecule has 0 aliphatic carbocycles. The number of carbonyl (C=O) groups is 1. The standard InChI is InChI=1S/C22H18N4O4S/c1-30-21-10-15(3-4-16(21)11-23)14-5-6-17-19(9-14)25-18-7-2-13(12-24-31(28)29)8-20(18)26-22(17)27/h2-10,24-25H,12H2,1H3,(H,26,27)(H,28,29). The molecule has 1 aliphatic rings. The van der Waals surface area contributed by atoms with Crippen LogP contribution >= 0.6 is 0 Å². The number of nitrogens with one attached hydrogen (secondary N) is 3. The smallest absolute Gasteiger partial charge is 0.257 e. The second kappa shape index (κ2) is 8.57. The molecule has 0 saturated heterocycles. The van der Waals surface area contributed by atoms with E-state index in [1.54, 1.807) is 36.4 Å². The lowest BCUT2D eigenvalue weighted by Crippen LogP contribution is -2.16. The van der Waals surface area contributed by atoms with Gasteiger partial charge in [0.1, 0.15) is 11.8 Å². The number of amides is 1. The third-order valence-corrected chi connectivity index (χ3v) is 5.31. The van der Waals surface area contributed by atoms with E-state index < -0.39 is 11.3 Å². The molecule has 0 radical (unpaired) electrons. The molecule has 1 aliphatic heterocycles. The lowest BCUT2D eigenvalue weighted by molar-refractivity contribution is 0.102. The van der Waals surface area contributed by atoms with Crippen LogP contribution in [0.1, 0.15) is 21.5 Å². The van der Waals surface area contributed by atoms with E-state index in [4.69, 9.17) is 9.29 Å². The first-order valence-electron chi connectivity index (χ1n) is 9.26. The first-order valence-corrected chi connectivity index (χ1v) is 10.4. The summed E-state index contributed by atoms with van der Waals surface area (Å²) in [6.45, 7) is 0.184. The second-order valence-electron chi connectivity index (χ2n) is 6.82. The van der Waals surface area contributed by atoms with Crippen LogP contribution in [0.3, 0.4) is 0 Å². The molecule has 3 aromatic rings. The number of methoxy groups -OCH3 is 1. The van der Waals surface area contributed by atoms with Crippen molar-refractivity contribution in [1.82, 2.24) is 4.72 Å². The van der Waals surface area contributed by atoms with Gasteiger partial charge >= 0.3 is 0 Å². The van der Waals surface area contributed by atoms with E-state index in [0.29, 0.717) is 33.9 Å². The first-order chi connectivity index (χ1) is 15.0. The normalized spacial score (nSPS) is 13.0. The maximum atomic E-state index is 12.8. The zero-order valence-corrected chi connectivity index (χ0v) is 17.2. The van der Waals surface area contributed by atoms with Crippen molar-refractivity contribution in [2.45, 2.75) is 6.54 Å². The van der Waals surface area contributed by atoms with Crippen molar-refractivity contribution in [1.29, 1.82) is 5.26 Å². The number of hydrogen-bond donors (Lipinski definition) is 4. The van der Waals surface area contributed by atoms with E-state index in [2.05, 4.69) is 21.4 Å². The molecule has 9 heteroatoms. The number of ether oxygens (including phenoxy) is 1. The van der Waals surface area contributed by atoms with Crippen LogP contribution < -0.4 is 20.1 Å². The van der Waals surface area contributed by atoms with Gasteiger partial charge in [-0.2, -0.15) is 5.26 Å². The summed E-state index contributed by atoms with van der Waals surface area (Å²) >= 11 is -2.12. The number of benzene rings is 3. The van der Waals surface area contributed by atoms with Crippen molar-refractivity contribution >= 4 is 34.2 Å². The largest absolute Gasteiger partial charge is 0.495 e. The number of hydrogen-bond acceptors (Lipinski definition) is 5. The summed E-state index contributed by atoms with van der Waals surface area (Å²) in [6, 6.07) is 18.2. The van der Waals surface area contributed by atoms with Crippen molar-refractivity contribution in [3.63, 3.8) is 0 Å². The van der Waals surface area contributed by atoms with Crippen molar-refractivity contribution in [2.75, 3.05) is 17.7 Å². The molecule has 156 valence electrons. The molecule has 0 fully saturated rings. The quantitative estimate of drug-likeness (QED) is 0.453. The zero-order valence-electron chi connectivity index (χ0n) is 16.4. The Hall–Kier alpha value is -3.71. The summed E-state index contributed by atoms with van der Waals surface area (Å²) in [4.78, 5) is 12.8. The van der Waals surface area contributed by atoms with Crippen molar-refractivity contribution in [2.24, 2.45) is 0 Å². The van der Waals surface area contributed by atoms with Gasteiger partial charge in [0.2, 0.25) is 11.3 Å². The van der Waals surface area contributed by atoms with Crippen LogP contribution in [-0.2, 0) is 17.8 Å². The SMILES string of the molecule is COc1cc(-c2ccc3c(c2)Nc2ccc(CNS(=O)O)cc2NC3=O)ccc1C#N. The average Bonchev–Trinajstić information content (AvgIpc) is 2.91. The minimum Gasteiger partial charge on any atom is -0.495 e. The lowest BCUT2D eigenvalue weighted by Gasteiger charge is -2.12. The Kier molecular flexibility index (Phi) is 5.68. The van der Waals surface area contributed by atoms with Gasteiger partial charge in [-0.05, 0) is 53.1 Å². The number of fused-ring (bicyclic) bond motifs is 2. The molecule has 0 bridgehead atoms. The van der Waals surface area contributed by atoms with Gasteiger partial charge in [-0.15, -0.1) is 0 Å². The van der Waals surface area contributed by atoms with Crippen LogP contribution in [0.25, 0.3) is 11.1 Å². The van der Waals surface area contributed by atoms with Crippen LogP contribution in [0, 0.1) is 11.3 Å². The van der Waals surface area contributed by atoms with E-state index in [1.807, 2.05) is 18.2 Å². The number of carbonyl (C=O) groups excluding carboxylic acids is 1. The van der Waals surface area contributed by atoms with Crippen LogP contribution in [0.15, 0.2) is 54.6 Å². The molecule has 8 nitrogen and oxygen atoms in total. The summed E-state index contributed by atoms with van der Waals surface area (Å²) < 4.78 is 27.4. The molecule has 1 unspecified atom stereocenters. The van der Waals surface area contributed by atoms with Gasteiger partial charge in [0.05, 0.1) is 35.3 Å². The van der Waals surface area contributed by atoms with E-state index >= 15 is 0 Å². The third kappa shape index (κ3) is 4.27. The Morgan fingerprint density at radius 2 is 1.81 bits per heavy atom. The topological polar surface area (TPSA) is 123 Å². The van der Waals surface area contributed by atoms with E-state index in [9.17, 15) is 14.3 Å². The Morgan fingerprint density at radius 1 is 1.03 bits per heavy atom. The van der Waals surface area contributed by atoms with E-state index in [-0.39, 0.29) is 12.5 Å². The third-order valence-electron chi connectivity index (χ3n) is 4.92. The highest BCUT2D eigenvalue weighted by atomic mass is 32.2. The van der Waals surface area contributed by atoms with Gasteiger partial charge in [0, 0.05) is 6.54 Å². The van der Waals surface area contributed by atoms with Gasteiger partial charge in [0.15, 0.2) is 0 Å². The monoisotopic (exact) mass is 434 g/mol. The van der Waals surface area contributed by atoms with Crippen LogP contribution in [0.2, 0.25) is 0 Å². The van der Waals surface area contributed by atoms with Gasteiger partial charge < -0.3 is 15.4 Å². The van der Waals surface area contributed by atoms with Crippen molar-refractivity contribution < 1.29 is 18.3 Å². The molecule has 1 amide bonds. The fraction of sp³-hybridized carbons (Fsp3) is 0.0909. The fourth-order valence-electron chi connectivity index (χ4n) is 3.38. The minimum absolute atomic E-state index is 0.184. The Bertz CT molecular complexity index is 1250. The summed E-state index contributed by atoms with van der Waals surface area (Å²) in [5, 5.41) is 15.4. The molecule has 0 spiro atoms. The van der Waals surface area contributed by atoms with Gasteiger partial charge in [0.25, 0.3) is 5.91 Å². The van der Waals surface area contributed by atoms with E-state index in [1.165, 1.54) is 7.11 Å². The molecule has 0 saturated carbocycles. The highest BCUT2D eigenvalue weighted by Crippen LogP contribution is 2.36. The van der Waals surface area contributed by atoms with Gasteiger partial charge in [-0.25, -0.2) is 8.93 Å². The molecule has 1 heterocycles. The number of anilines is 3. The predicted molar refractivity (Wildman–Crippen MR) is 118 cm³/mol. The zero-order chi connectivity index (χ0) is 22.0. The van der Waals surface area contributed by atoms with Crippen molar-refractivity contribution in [3.8, 4) is 22.9 Å². The van der Waals surface area contributed by atoms with Gasteiger partial charge in [-0.1, -0.05) is 18.2 Å². The minimum atomic E-state index is -2.12. The Balaban J connectivity index is 1.69. The summed E-state index contributed by atoms with van der Waals surface area (Å²) in [6.07, 6.45) is 0. The maximum absolute atomic E-state index is 12.8. The average molecular weight is 434 g/mol. The summed E-state index contributed by atoms with van der Waals surface area (Å²) in [5.41, 5.74) is 5.31. The molecular weight excluding hydrogens is 416 g/mol. The number of rotatable bonds is 5. The first kappa shape index (κ1) is 20.6. The number of nitriles is 1. The summed E-state index contributed by atoms with van der Waals surface area (Å²) in [5.74, 6) is 0.219. The van der Waals surface area contributed by atoms with Crippen LogP contribution in [0.5, 0.6) is 5.75 Å². The maximum Gasteiger partial charge on any atom is 0.257 e. The fourth-order valence-corrected chi connectivity index (χ4v) is 3.67. The highest BCUT2D eigenvalue weighted by molar-refractivity contribution is 7.77. The summed E-state index contributed by atoms with van der Waals surface area (Å²) in [7, 11) is 1.52. The molecule has 31 heavy (non-hydrogen) atoms. The van der Waals surface area contributed by atoms with E-state index in [0.717, 1.165) is 16.7 Å². The van der Waals surface area contributed by atoms with Gasteiger partial charge in [-0.3, -0.25) is 9.35 Å². The van der Waals surface area contributed by atoms with Crippen molar-refractivity contribution in [3.05, 3.63) is 71.3 Å². The highest BCUT2D eigenvalue weighted by Gasteiger charge is 2.20. The molecule has 3 aromatic carbocycles. The van der Waals surface area contributed by atoms with Crippen LogP contribution in [-0.4, -0.2) is 21.8 Å². The Morgan fingerprint density at radius 3 is 2.55 bits per heavy atom. The van der Waals surface area contributed by atoms with Crippen LogP contribution in [0.4, 0.5) is 17.1 Å². The Labute approximate surface area is 181 Å². The molecule has 1 atom stereocenters. The number of nitrogens with zero attached hydrogens (tertiary/aromatic N) is 1. The lowest BCUT2D eigenvalue weighted by atomic mass is 10.0. The molecule has 4 N–H and O–H groups in total. The molecule has 4 rings (SSSR count). The molecule has 0 aromatic heterocycles. The molecular formula is C22H18N4O4S. The predicted octanol–water partition coefficient (Wildman–Crippen LogP) is 3.77. The second-order valence-corrected chi connectivity index (χ2v) is 7.60.